The standard InChI is InChI=1S/C11H15N5O/c1-7(2)15-11(17)8(3)16-10-9(6-12)13-4-5-14-10/h4-5,7-8H,1-3H3,(H,14,16)(H,15,17). The van der Waals surface area contributed by atoms with Gasteiger partial charge in [0.2, 0.25) is 5.91 Å². The van der Waals surface area contributed by atoms with Crippen molar-refractivity contribution in [3.63, 3.8) is 0 Å². The fraction of sp³-hybridized carbons (Fsp3) is 0.455. The molecule has 0 radical (unpaired) electrons. The van der Waals surface area contributed by atoms with Gasteiger partial charge < -0.3 is 10.6 Å². The smallest absolute Gasteiger partial charge is 0.242 e. The third kappa shape index (κ3) is 3.72. The molecule has 0 aliphatic heterocycles. The summed E-state index contributed by atoms with van der Waals surface area (Å²) in [7, 11) is 0. The van der Waals surface area contributed by atoms with Crippen molar-refractivity contribution in [2.24, 2.45) is 0 Å². The van der Waals surface area contributed by atoms with Crippen molar-refractivity contribution >= 4 is 11.7 Å². The Morgan fingerprint density at radius 3 is 2.59 bits per heavy atom. The fourth-order valence-corrected chi connectivity index (χ4v) is 1.21. The highest BCUT2D eigenvalue weighted by atomic mass is 16.2. The van der Waals surface area contributed by atoms with Gasteiger partial charge in [0.15, 0.2) is 11.5 Å². The average Bonchev–Trinajstić information content (AvgIpc) is 2.28. The first kappa shape index (κ1) is 12.9. The van der Waals surface area contributed by atoms with Gasteiger partial charge in [-0.3, -0.25) is 4.79 Å². The quantitative estimate of drug-likeness (QED) is 0.797. The molecule has 0 saturated carbocycles. The summed E-state index contributed by atoms with van der Waals surface area (Å²) in [5.41, 5.74) is 0.177. The van der Waals surface area contributed by atoms with E-state index in [1.165, 1.54) is 12.4 Å². The summed E-state index contributed by atoms with van der Waals surface area (Å²) in [6.45, 7) is 5.47. The molecule has 0 fully saturated rings. The van der Waals surface area contributed by atoms with Crippen molar-refractivity contribution in [1.82, 2.24) is 15.3 Å². The number of nitriles is 1. The summed E-state index contributed by atoms with van der Waals surface area (Å²) in [6, 6.07) is 1.51. The maximum atomic E-state index is 11.7. The van der Waals surface area contributed by atoms with Crippen LogP contribution < -0.4 is 10.6 Å². The molecular weight excluding hydrogens is 218 g/mol. The van der Waals surface area contributed by atoms with Crippen LogP contribution >= 0.6 is 0 Å². The predicted octanol–water partition coefficient (Wildman–Crippen LogP) is 0.673. The molecule has 0 aliphatic rings. The van der Waals surface area contributed by atoms with E-state index in [4.69, 9.17) is 5.26 Å². The van der Waals surface area contributed by atoms with Crippen LogP contribution in [0.25, 0.3) is 0 Å². The minimum absolute atomic E-state index is 0.0732. The first-order valence-corrected chi connectivity index (χ1v) is 5.32. The monoisotopic (exact) mass is 233 g/mol. The molecular formula is C11H15N5O. The van der Waals surface area contributed by atoms with Crippen molar-refractivity contribution < 1.29 is 4.79 Å². The predicted molar refractivity (Wildman–Crippen MR) is 63.1 cm³/mol. The molecule has 1 aromatic rings. The van der Waals surface area contributed by atoms with Crippen molar-refractivity contribution in [3.05, 3.63) is 18.1 Å². The topological polar surface area (TPSA) is 90.7 Å². The summed E-state index contributed by atoms with van der Waals surface area (Å²) in [5, 5.41) is 14.4. The van der Waals surface area contributed by atoms with E-state index in [1.807, 2.05) is 19.9 Å². The molecule has 0 spiro atoms. The first-order valence-electron chi connectivity index (χ1n) is 5.32. The summed E-state index contributed by atoms with van der Waals surface area (Å²) >= 11 is 0. The lowest BCUT2D eigenvalue weighted by molar-refractivity contribution is -0.122. The van der Waals surface area contributed by atoms with E-state index >= 15 is 0 Å². The largest absolute Gasteiger partial charge is 0.356 e. The summed E-state index contributed by atoms with van der Waals surface area (Å²) in [5.74, 6) is 0.177. The molecule has 0 saturated heterocycles. The number of amides is 1. The van der Waals surface area contributed by atoms with Crippen LogP contribution in [0.5, 0.6) is 0 Å². The van der Waals surface area contributed by atoms with Gasteiger partial charge in [-0.15, -0.1) is 0 Å². The average molecular weight is 233 g/mol. The number of anilines is 1. The van der Waals surface area contributed by atoms with Gasteiger partial charge >= 0.3 is 0 Å². The van der Waals surface area contributed by atoms with Gasteiger partial charge in [-0.25, -0.2) is 9.97 Å². The number of hydrogen-bond acceptors (Lipinski definition) is 5. The Hall–Kier alpha value is -2.16. The number of nitrogens with one attached hydrogen (secondary N) is 2. The zero-order valence-corrected chi connectivity index (χ0v) is 10.1. The van der Waals surface area contributed by atoms with Gasteiger partial charge in [0, 0.05) is 18.4 Å². The molecule has 1 unspecified atom stereocenters. The second-order valence-electron chi connectivity index (χ2n) is 3.89. The fourth-order valence-electron chi connectivity index (χ4n) is 1.21. The van der Waals surface area contributed by atoms with Crippen LogP contribution in [0.15, 0.2) is 12.4 Å². The van der Waals surface area contributed by atoms with Gasteiger partial charge in [-0.05, 0) is 20.8 Å². The lowest BCUT2D eigenvalue weighted by Crippen LogP contribution is -2.41. The third-order valence-corrected chi connectivity index (χ3v) is 1.98. The van der Waals surface area contributed by atoms with Crippen molar-refractivity contribution in [2.45, 2.75) is 32.9 Å². The minimum Gasteiger partial charge on any atom is -0.356 e. The number of rotatable bonds is 4. The van der Waals surface area contributed by atoms with Crippen molar-refractivity contribution in [2.75, 3.05) is 5.32 Å². The van der Waals surface area contributed by atoms with E-state index in [2.05, 4.69) is 20.6 Å². The molecule has 17 heavy (non-hydrogen) atoms. The zero-order valence-electron chi connectivity index (χ0n) is 10.1. The molecule has 0 aromatic carbocycles. The second kappa shape index (κ2) is 5.80. The number of carbonyl (C=O) groups is 1. The van der Waals surface area contributed by atoms with Crippen LogP contribution in [0.4, 0.5) is 5.82 Å². The van der Waals surface area contributed by atoms with Crippen molar-refractivity contribution in [1.29, 1.82) is 5.26 Å². The molecule has 6 heteroatoms. The third-order valence-electron chi connectivity index (χ3n) is 1.98. The molecule has 0 aliphatic carbocycles. The van der Waals surface area contributed by atoms with Crippen LogP contribution in [-0.2, 0) is 4.79 Å². The highest BCUT2D eigenvalue weighted by Crippen LogP contribution is 2.08. The van der Waals surface area contributed by atoms with Crippen LogP contribution in [0, 0.1) is 11.3 Å². The molecule has 6 nitrogen and oxygen atoms in total. The lowest BCUT2D eigenvalue weighted by atomic mass is 10.2. The number of carbonyl (C=O) groups excluding carboxylic acids is 1. The van der Waals surface area contributed by atoms with E-state index in [0.717, 1.165) is 0 Å². The molecule has 90 valence electrons. The van der Waals surface area contributed by atoms with Gasteiger partial charge in [0.05, 0.1) is 0 Å². The molecule has 2 N–H and O–H groups in total. The Balaban J connectivity index is 2.71. The Morgan fingerprint density at radius 2 is 2.00 bits per heavy atom. The Bertz CT molecular complexity index is 438. The van der Waals surface area contributed by atoms with E-state index < -0.39 is 6.04 Å². The summed E-state index contributed by atoms with van der Waals surface area (Å²) in [6.07, 6.45) is 2.90. The molecule has 1 amide bonds. The SMILES string of the molecule is CC(C)NC(=O)C(C)Nc1nccnc1C#N. The number of nitrogens with zero attached hydrogens (tertiary/aromatic N) is 3. The van der Waals surface area contributed by atoms with Crippen molar-refractivity contribution in [3.8, 4) is 6.07 Å². The van der Waals surface area contributed by atoms with Crippen LogP contribution in [0.3, 0.4) is 0 Å². The number of hydrogen-bond donors (Lipinski definition) is 2. The first-order chi connectivity index (χ1) is 8.04. The molecule has 1 atom stereocenters. The number of aromatic nitrogens is 2. The van der Waals surface area contributed by atoms with Gasteiger partial charge in [0.25, 0.3) is 0 Å². The van der Waals surface area contributed by atoms with Gasteiger partial charge in [-0.2, -0.15) is 5.26 Å². The highest BCUT2D eigenvalue weighted by Gasteiger charge is 2.15. The summed E-state index contributed by atoms with van der Waals surface area (Å²) < 4.78 is 0. The van der Waals surface area contributed by atoms with E-state index in [0.29, 0.717) is 5.82 Å². The Labute approximate surface area is 100 Å². The van der Waals surface area contributed by atoms with Gasteiger partial charge in [0.1, 0.15) is 12.1 Å². The van der Waals surface area contributed by atoms with Crippen LogP contribution in [0.1, 0.15) is 26.5 Å². The normalized spacial score (nSPS) is 11.7. The second-order valence-corrected chi connectivity index (χ2v) is 3.89. The van der Waals surface area contributed by atoms with Gasteiger partial charge in [-0.1, -0.05) is 0 Å². The Kier molecular flexibility index (Phi) is 4.40. The molecule has 1 rings (SSSR count). The lowest BCUT2D eigenvalue weighted by Gasteiger charge is -2.16. The maximum Gasteiger partial charge on any atom is 0.242 e. The molecule has 1 heterocycles. The molecule has 0 bridgehead atoms. The summed E-state index contributed by atoms with van der Waals surface area (Å²) in [4.78, 5) is 19.5. The van der Waals surface area contributed by atoms with E-state index in [9.17, 15) is 4.79 Å². The minimum atomic E-state index is -0.471. The highest BCUT2D eigenvalue weighted by molar-refractivity contribution is 5.84. The van der Waals surface area contributed by atoms with E-state index in [-0.39, 0.29) is 17.6 Å². The van der Waals surface area contributed by atoms with Crippen LogP contribution in [-0.4, -0.2) is 28.0 Å². The maximum absolute atomic E-state index is 11.7. The van der Waals surface area contributed by atoms with Crippen LogP contribution in [0.2, 0.25) is 0 Å². The Morgan fingerprint density at radius 1 is 1.35 bits per heavy atom. The zero-order chi connectivity index (χ0) is 12.8. The molecule has 1 aromatic heterocycles. The van der Waals surface area contributed by atoms with E-state index in [1.54, 1.807) is 6.92 Å².